The van der Waals surface area contributed by atoms with E-state index < -0.39 is 6.04 Å². The molecule has 0 unspecified atom stereocenters. The number of methoxy groups -OCH3 is 1. The van der Waals surface area contributed by atoms with Crippen LogP contribution in [-0.2, 0) is 9.53 Å². The molecule has 0 radical (unpaired) electrons. The van der Waals surface area contributed by atoms with Gasteiger partial charge in [-0.25, -0.2) is 0 Å². The Bertz CT molecular complexity index is 398. The summed E-state index contributed by atoms with van der Waals surface area (Å²) in [5.74, 6) is 1.46. The summed E-state index contributed by atoms with van der Waals surface area (Å²) in [6, 6.07) is 6.72. The van der Waals surface area contributed by atoms with Crippen LogP contribution in [0.2, 0.25) is 0 Å². The Labute approximate surface area is 124 Å². The highest BCUT2D eigenvalue weighted by atomic mass is 32.2. The molecule has 0 aliphatic heterocycles. The smallest absolute Gasteiger partial charge is 0.241 e. The van der Waals surface area contributed by atoms with Crippen LogP contribution < -0.4 is 15.8 Å². The van der Waals surface area contributed by atoms with E-state index in [1.807, 2.05) is 6.26 Å². The summed E-state index contributed by atoms with van der Waals surface area (Å²) in [7, 11) is 1.63. The lowest BCUT2D eigenvalue weighted by Gasteiger charge is -2.12. The number of rotatable bonds is 9. The molecule has 0 aromatic heterocycles. The molecular weight excluding hydrogens is 276 g/mol. The molecule has 1 aromatic carbocycles. The van der Waals surface area contributed by atoms with Gasteiger partial charge in [0, 0.05) is 12.8 Å². The third-order valence-corrected chi connectivity index (χ3v) is 3.29. The van der Waals surface area contributed by atoms with E-state index in [0.717, 1.165) is 11.5 Å². The second-order valence-electron chi connectivity index (χ2n) is 4.24. The van der Waals surface area contributed by atoms with Gasteiger partial charge in [-0.3, -0.25) is 4.79 Å². The summed E-state index contributed by atoms with van der Waals surface area (Å²) in [5.41, 5.74) is 6.51. The third-order valence-electron chi connectivity index (χ3n) is 2.65. The van der Waals surface area contributed by atoms with Gasteiger partial charge in [-0.2, -0.15) is 11.8 Å². The Morgan fingerprint density at radius 1 is 1.35 bits per heavy atom. The average molecular weight is 298 g/mol. The fourth-order valence-corrected chi connectivity index (χ4v) is 1.98. The van der Waals surface area contributed by atoms with Crippen molar-refractivity contribution in [1.82, 2.24) is 0 Å². The second-order valence-corrected chi connectivity index (χ2v) is 5.23. The molecule has 0 heterocycles. The largest absolute Gasteiger partial charge is 0.491 e. The maximum atomic E-state index is 11.8. The van der Waals surface area contributed by atoms with Gasteiger partial charge in [0.1, 0.15) is 12.4 Å². The fraction of sp³-hybridized carbons (Fsp3) is 0.500. The second kappa shape index (κ2) is 9.63. The summed E-state index contributed by atoms with van der Waals surface area (Å²) >= 11 is 1.68. The maximum absolute atomic E-state index is 11.8. The Morgan fingerprint density at radius 2 is 2.05 bits per heavy atom. The summed E-state index contributed by atoms with van der Waals surface area (Å²) < 4.78 is 10.3. The third kappa shape index (κ3) is 6.27. The molecule has 5 nitrogen and oxygen atoms in total. The molecule has 0 aliphatic carbocycles. The van der Waals surface area contributed by atoms with E-state index in [9.17, 15) is 4.79 Å². The molecule has 20 heavy (non-hydrogen) atoms. The molecule has 3 N–H and O–H groups in total. The van der Waals surface area contributed by atoms with Crippen molar-refractivity contribution >= 4 is 23.4 Å². The first kappa shape index (κ1) is 16.8. The van der Waals surface area contributed by atoms with Gasteiger partial charge < -0.3 is 20.5 Å². The predicted octanol–water partition coefficient (Wildman–Crippen LogP) is 1.73. The number of nitrogens with two attached hydrogens (primary N) is 1. The number of anilines is 1. The highest BCUT2D eigenvalue weighted by molar-refractivity contribution is 7.98. The fourth-order valence-electron chi connectivity index (χ4n) is 1.49. The Kier molecular flexibility index (Phi) is 8.10. The topological polar surface area (TPSA) is 73.6 Å². The van der Waals surface area contributed by atoms with E-state index >= 15 is 0 Å². The molecule has 0 spiro atoms. The van der Waals surface area contributed by atoms with Gasteiger partial charge in [0.25, 0.3) is 0 Å². The summed E-state index contributed by atoms with van der Waals surface area (Å²) in [4.78, 5) is 11.8. The number of hydrogen-bond donors (Lipinski definition) is 2. The van der Waals surface area contributed by atoms with Gasteiger partial charge in [-0.1, -0.05) is 0 Å². The van der Waals surface area contributed by atoms with Crippen LogP contribution in [0.3, 0.4) is 0 Å². The molecule has 0 bridgehead atoms. The van der Waals surface area contributed by atoms with Gasteiger partial charge in [0.15, 0.2) is 0 Å². The van der Waals surface area contributed by atoms with Crippen LogP contribution in [0.25, 0.3) is 0 Å². The minimum Gasteiger partial charge on any atom is -0.491 e. The zero-order valence-corrected chi connectivity index (χ0v) is 12.7. The lowest BCUT2D eigenvalue weighted by Crippen LogP contribution is -2.36. The number of hydrogen-bond acceptors (Lipinski definition) is 5. The number of nitrogens with one attached hydrogen (secondary N) is 1. The van der Waals surface area contributed by atoms with Crippen LogP contribution in [0.15, 0.2) is 24.3 Å². The quantitative estimate of drug-likeness (QED) is 0.679. The predicted molar refractivity (Wildman–Crippen MR) is 83.4 cm³/mol. The molecule has 0 aliphatic rings. The number of ether oxygens (including phenoxy) is 2. The Balaban J connectivity index is 2.42. The average Bonchev–Trinajstić information content (AvgIpc) is 2.46. The lowest BCUT2D eigenvalue weighted by atomic mass is 10.2. The molecule has 0 saturated carbocycles. The van der Waals surface area contributed by atoms with Crippen molar-refractivity contribution < 1.29 is 14.3 Å². The summed E-state index contributed by atoms with van der Waals surface area (Å²) in [5, 5.41) is 2.79. The van der Waals surface area contributed by atoms with Crippen LogP contribution in [0.4, 0.5) is 5.69 Å². The lowest BCUT2D eigenvalue weighted by molar-refractivity contribution is -0.117. The van der Waals surface area contributed by atoms with Crippen molar-refractivity contribution in [3.8, 4) is 5.75 Å². The number of amides is 1. The molecule has 112 valence electrons. The number of benzene rings is 1. The van der Waals surface area contributed by atoms with Gasteiger partial charge in [0.05, 0.1) is 12.6 Å². The van der Waals surface area contributed by atoms with E-state index in [-0.39, 0.29) is 5.91 Å². The molecule has 6 heteroatoms. The van der Waals surface area contributed by atoms with Crippen molar-refractivity contribution in [1.29, 1.82) is 0 Å². The van der Waals surface area contributed by atoms with Crippen LogP contribution in [0.5, 0.6) is 5.75 Å². The van der Waals surface area contributed by atoms with E-state index in [4.69, 9.17) is 15.2 Å². The van der Waals surface area contributed by atoms with Crippen LogP contribution >= 0.6 is 11.8 Å². The normalized spacial score (nSPS) is 11.9. The Hall–Kier alpha value is -1.24. The van der Waals surface area contributed by atoms with Crippen molar-refractivity contribution in [2.45, 2.75) is 12.5 Å². The molecule has 1 amide bonds. The van der Waals surface area contributed by atoms with E-state index in [1.165, 1.54) is 0 Å². The van der Waals surface area contributed by atoms with E-state index in [1.54, 1.807) is 43.1 Å². The molecule has 0 saturated heterocycles. The van der Waals surface area contributed by atoms with Gasteiger partial charge in [-0.15, -0.1) is 0 Å². The molecule has 1 aromatic rings. The van der Waals surface area contributed by atoms with Gasteiger partial charge >= 0.3 is 0 Å². The van der Waals surface area contributed by atoms with Gasteiger partial charge in [-0.05, 0) is 42.7 Å². The standard InChI is InChI=1S/C14H22N2O3S/c1-18-8-9-19-12-5-3-11(4-6-12)16-14(17)13(15)7-10-20-2/h3-6,13H,7-10,15H2,1-2H3,(H,16,17)/t13-/m0/s1. The number of thioether (sulfide) groups is 1. The highest BCUT2D eigenvalue weighted by Crippen LogP contribution is 2.16. The first-order valence-electron chi connectivity index (χ1n) is 6.44. The minimum atomic E-state index is -0.472. The van der Waals surface area contributed by atoms with E-state index in [2.05, 4.69) is 5.32 Å². The van der Waals surface area contributed by atoms with Crippen molar-refractivity contribution in [2.24, 2.45) is 5.73 Å². The number of carbonyl (C=O) groups is 1. The molecule has 1 atom stereocenters. The first-order valence-corrected chi connectivity index (χ1v) is 7.84. The molecule has 1 rings (SSSR count). The van der Waals surface area contributed by atoms with Crippen molar-refractivity contribution in [3.05, 3.63) is 24.3 Å². The highest BCUT2D eigenvalue weighted by Gasteiger charge is 2.12. The molecular formula is C14H22N2O3S. The SMILES string of the molecule is COCCOc1ccc(NC(=O)[C@@H](N)CCSC)cc1. The monoisotopic (exact) mass is 298 g/mol. The van der Waals surface area contributed by atoms with Crippen LogP contribution in [0.1, 0.15) is 6.42 Å². The summed E-state index contributed by atoms with van der Waals surface area (Å²) in [6.45, 7) is 1.05. The van der Waals surface area contributed by atoms with Gasteiger partial charge in [0.2, 0.25) is 5.91 Å². The minimum absolute atomic E-state index is 0.160. The Morgan fingerprint density at radius 3 is 2.65 bits per heavy atom. The number of carbonyl (C=O) groups excluding carboxylic acids is 1. The van der Waals surface area contributed by atoms with Crippen LogP contribution in [-0.4, -0.2) is 44.3 Å². The van der Waals surface area contributed by atoms with Crippen molar-refractivity contribution in [3.63, 3.8) is 0 Å². The zero-order valence-electron chi connectivity index (χ0n) is 11.9. The molecule has 0 fully saturated rings. The maximum Gasteiger partial charge on any atom is 0.241 e. The van der Waals surface area contributed by atoms with Crippen molar-refractivity contribution in [2.75, 3.05) is 37.6 Å². The van der Waals surface area contributed by atoms with Crippen LogP contribution in [0, 0.1) is 0 Å². The zero-order chi connectivity index (χ0) is 14.8. The summed E-state index contributed by atoms with van der Waals surface area (Å²) in [6.07, 6.45) is 2.66. The first-order chi connectivity index (χ1) is 9.67. The van der Waals surface area contributed by atoms with E-state index in [0.29, 0.717) is 25.3 Å².